The molecule has 0 atom stereocenters. The number of anilines is 1. The smallest absolute Gasteiger partial charge is 0.261 e. The molecule has 8 nitrogen and oxygen atoms in total. The largest absolute Gasteiger partial charge is 0.493 e. The topological polar surface area (TPSA) is 76.9 Å². The van der Waals surface area contributed by atoms with Gasteiger partial charge in [-0.05, 0) is 30.3 Å². The molecule has 0 aliphatic carbocycles. The van der Waals surface area contributed by atoms with Crippen molar-refractivity contribution in [1.82, 2.24) is 14.5 Å². The van der Waals surface area contributed by atoms with Gasteiger partial charge in [0.2, 0.25) is 5.91 Å². The highest BCUT2D eigenvalue weighted by Gasteiger charge is 2.21. The number of carbonyl (C=O) groups excluding carboxylic acids is 1. The number of halogens is 1. The molecule has 0 radical (unpaired) electrons. The number of aromatic nitrogens is 2. The molecule has 1 fully saturated rings. The zero-order chi connectivity index (χ0) is 22.7. The Kier molecular flexibility index (Phi) is 6.25. The van der Waals surface area contributed by atoms with Gasteiger partial charge in [0.25, 0.3) is 5.56 Å². The van der Waals surface area contributed by atoms with Crippen LogP contribution in [0.4, 0.5) is 10.1 Å². The van der Waals surface area contributed by atoms with E-state index in [4.69, 9.17) is 9.47 Å². The predicted octanol–water partition coefficient (Wildman–Crippen LogP) is 2.29. The van der Waals surface area contributed by atoms with Crippen LogP contribution in [0, 0.1) is 5.82 Å². The second kappa shape index (κ2) is 9.25. The lowest BCUT2D eigenvalue weighted by molar-refractivity contribution is -0.131. The summed E-state index contributed by atoms with van der Waals surface area (Å²) in [5.74, 6) is 0.674. The third kappa shape index (κ3) is 4.37. The Morgan fingerprint density at radius 3 is 2.34 bits per heavy atom. The number of benzene rings is 2. The molecule has 1 aliphatic rings. The summed E-state index contributed by atoms with van der Waals surface area (Å²) in [4.78, 5) is 33.8. The van der Waals surface area contributed by atoms with Gasteiger partial charge in [0.05, 0.1) is 31.4 Å². The number of methoxy groups -OCH3 is 2. The van der Waals surface area contributed by atoms with Crippen LogP contribution in [0.25, 0.3) is 10.9 Å². The quantitative estimate of drug-likeness (QED) is 0.586. The number of carbonyl (C=O) groups is 1. The molecule has 0 bridgehead atoms. The number of nitrogens with zero attached hydrogens (tertiary/aromatic N) is 4. The van der Waals surface area contributed by atoms with Crippen molar-refractivity contribution in [1.29, 1.82) is 0 Å². The van der Waals surface area contributed by atoms with Crippen LogP contribution in [-0.2, 0) is 11.3 Å². The Bertz CT molecular complexity index is 1170. The fraction of sp³-hybridized carbons (Fsp3) is 0.348. The van der Waals surface area contributed by atoms with E-state index in [1.165, 1.54) is 37.2 Å². The van der Waals surface area contributed by atoms with Gasteiger partial charge in [-0.15, -0.1) is 0 Å². The second-order valence-corrected chi connectivity index (χ2v) is 7.56. The highest BCUT2D eigenvalue weighted by Crippen LogP contribution is 2.29. The fourth-order valence-corrected chi connectivity index (χ4v) is 3.88. The highest BCUT2D eigenvalue weighted by atomic mass is 19.1. The van der Waals surface area contributed by atoms with Crippen molar-refractivity contribution >= 4 is 22.5 Å². The molecular weight excluding hydrogens is 415 g/mol. The Morgan fingerprint density at radius 1 is 1.03 bits per heavy atom. The molecule has 1 saturated heterocycles. The maximum Gasteiger partial charge on any atom is 0.261 e. The monoisotopic (exact) mass is 440 g/mol. The first-order chi connectivity index (χ1) is 15.5. The maximum absolute atomic E-state index is 13.1. The predicted molar refractivity (Wildman–Crippen MR) is 119 cm³/mol. The van der Waals surface area contributed by atoms with E-state index in [1.807, 2.05) is 0 Å². The number of aryl methyl sites for hydroxylation is 1. The number of hydrogen-bond donors (Lipinski definition) is 0. The van der Waals surface area contributed by atoms with E-state index in [0.717, 1.165) is 5.69 Å². The van der Waals surface area contributed by atoms with Gasteiger partial charge in [-0.25, -0.2) is 9.37 Å². The van der Waals surface area contributed by atoms with Crippen molar-refractivity contribution in [3.05, 3.63) is 58.9 Å². The van der Waals surface area contributed by atoms with E-state index in [-0.39, 0.29) is 30.2 Å². The van der Waals surface area contributed by atoms with Gasteiger partial charge < -0.3 is 19.3 Å². The van der Waals surface area contributed by atoms with E-state index in [2.05, 4.69) is 9.88 Å². The Hall–Kier alpha value is -3.62. The first-order valence-corrected chi connectivity index (χ1v) is 10.4. The summed E-state index contributed by atoms with van der Waals surface area (Å²) in [7, 11) is 3.03. The standard InChI is InChI=1S/C23H25FN4O4/c1-31-20-13-18-19(14-21(20)32-2)25-15-28(23(18)30)8-7-22(29)27-11-9-26(10-12-27)17-5-3-16(24)4-6-17/h3-6,13-15H,7-12H2,1-2H3. The van der Waals surface area contributed by atoms with Gasteiger partial charge in [0, 0.05) is 50.9 Å². The van der Waals surface area contributed by atoms with Crippen LogP contribution in [0.3, 0.4) is 0 Å². The van der Waals surface area contributed by atoms with E-state index in [0.29, 0.717) is 48.6 Å². The second-order valence-electron chi connectivity index (χ2n) is 7.56. The summed E-state index contributed by atoms with van der Waals surface area (Å²) in [6.07, 6.45) is 1.66. The number of amides is 1. The molecule has 0 spiro atoms. The van der Waals surface area contributed by atoms with Crippen molar-refractivity contribution in [3.8, 4) is 11.5 Å². The van der Waals surface area contributed by atoms with Gasteiger partial charge in [0.15, 0.2) is 11.5 Å². The lowest BCUT2D eigenvalue weighted by Crippen LogP contribution is -2.49. The average Bonchev–Trinajstić information content (AvgIpc) is 2.83. The number of fused-ring (bicyclic) bond motifs is 1. The lowest BCUT2D eigenvalue weighted by Gasteiger charge is -2.36. The van der Waals surface area contributed by atoms with Crippen LogP contribution >= 0.6 is 0 Å². The minimum absolute atomic E-state index is 0.0111. The molecule has 3 aromatic rings. The first kappa shape index (κ1) is 21.6. The third-order valence-electron chi connectivity index (χ3n) is 5.72. The van der Waals surface area contributed by atoms with Crippen LogP contribution in [0.2, 0.25) is 0 Å². The molecule has 1 aromatic heterocycles. The first-order valence-electron chi connectivity index (χ1n) is 10.4. The van der Waals surface area contributed by atoms with Gasteiger partial charge in [0.1, 0.15) is 5.82 Å². The van der Waals surface area contributed by atoms with Crippen LogP contribution in [0.15, 0.2) is 47.5 Å². The normalized spacial score (nSPS) is 14.0. The summed E-state index contributed by atoms with van der Waals surface area (Å²) in [5, 5.41) is 0.408. The molecule has 4 rings (SSSR count). The molecule has 2 aromatic carbocycles. The molecule has 2 heterocycles. The van der Waals surface area contributed by atoms with E-state index < -0.39 is 0 Å². The summed E-state index contributed by atoms with van der Waals surface area (Å²) >= 11 is 0. The molecule has 1 aliphatic heterocycles. The molecule has 0 unspecified atom stereocenters. The summed E-state index contributed by atoms with van der Waals surface area (Å²) in [6.45, 7) is 2.76. The minimum atomic E-state index is -0.265. The number of rotatable bonds is 6. The van der Waals surface area contributed by atoms with Gasteiger partial charge in [-0.2, -0.15) is 0 Å². The zero-order valence-corrected chi connectivity index (χ0v) is 18.1. The van der Waals surface area contributed by atoms with Crippen LogP contribution in [-0.4, -0.2) is 60.8 Å². The summed E-state index contributed by atoms with van der Waals surface area (Å²) in [5.41, 5.74) is 1.22. The zero-order valence-electron chi connectivity index (χ0n) is 18.1. The van der Waals surface area contributed by atoms with Crippen LogP contribution in [0.1, 0.15) is 6.42 Å². The molecule has 32 heavy (non-hydrogen) atoms. The van der Waals surface area contributed by atoms with E-state index in [1.54, 1.807) is 29.2 Å². The molecule has 9 heteroatoms. The van der Waals surface area contributed by atoms with Crippen molar-refractivity contribution in [3.63, 3.8) is 0 Å². The summed E-state index contributed by atoms with van der Waals surface area (Å²) in [6, 6.07) is 9.64. The molecule has 0 N–H and O–H groups in total. The van der Waals surface area contributed by atoms with Crippen LogP contribution < -0.4 is 19.9 Å². The molecule has 168 valence electrons. The van der Waals surface area contributed by atoms with E-state index in [9.17, 15) is 14.0 Å². The van der Waals surface area contributed by atoms with Crippen molar-refractivity contribution in [2.45, 2.75) is 13.0 Å². The highest BCUT2D eigenvalue weighted by molar-refractivity contribution is 5.81. The number of piperazine rings is 1. The molecular formula is C23H25FN4O4. The van der Waals surface area contributed by atoms with Gasteiger partial charge >= 0.3 is 0 Å². The minimum Gasteiger partial charge on any atom is -0.493 e. The third-order valence-corrected chi connectivity index (χ3v) is 5.72. The lowest BCUT2D eigenvalue weighted by atomic mass is 10.2. The van der Waals surface area contributed by atoms with Gasteiger partial charge in [-0.3, -0.25) is 14.2 Å². The van der Waals surface area contributed by atoms with Crippen molar-refractivity contribution in [2.24, 2.45) is 0 Å². The SMILES string of the molecule is COc1cc2ncn(CCC(=O)N3CCN(c4ccc(F)cc4)CC3)c(=O)c2cc1OC. The maximum atomic E-state index is 13.1. The Balaban J connectivity index is 1.39. The van der Waals surface area contributed by atoms with Crippen molar-refractivity contribution < 1.29 is 18.7 Å². The Labute approximate surface area is 184 Å². The Morgan fingerprint density at radius 2 is 1.69 bits per heavy atom. The number of ether oxygens (including phenoxy) is 2. The molecule has 1 amide bonds. The average molecular weight is 440 g/mol. The summed E-state index contributed by atoms with van der Waals surface area (Å²) < 4.78 is 25.1. The van der Waals surface area contributed by atoms with Crippen molar-refractivity contribution in [2.75, 3.05) is 45.3 Å². The van der Waals surface area contributed by atoms with Gasteiger partial charge in [-0.1, -0.05) is 0 Å². The fourth-order valence-electron chi connectivity index (χ4n) is 3.88. The number of hydrogen-bond acceptors (Lipinski definition) is 6. The van der Waals surface area contributed by atoms with E-state index >= 15 is 0 Å². The molecule has 0 saturated carbocycles. The van der Waals surface area contributed by atoms with Crippen LogP contribution in [0.5, 0.6) is 11.5 Å².